The smallest absolute Gasteiger partial charge is 0.255 e. The number of hydrogen-bond donors (Lipinski definition) is 2. The number of carbonyl (C=O) groups excluding carboxylic acids is 1. The van der Waals surface area contributed by atoms with E-state index in [2.05, 4.69) is 10.3 Å². The number of benzene rings is 1. The van der Waals surface area contributed by atoms with Crippen molar-refractivity contribution in [2.24, 2.45) is 5.73 Å². The summed E-state index contributed by atoms with van der Waals surface area (Å²) < 4.78 is 24.2. The van der Waals surface area contributed by atoms with Gasteiger partial charge in [0.1, 0.15) is 6.10 Å². The van der Waals surface area contributed by atoms with Crippen molar-refractivity contribution in [2.75, 3.05) is 19.0 Å². The molecule has 1 fully saturated rings. The first-order chi connectivity index (χ1) is 11.6. The zero-order chi connectivity index (χ0) is 17.1. The first-order valence-corrected chi connectivity index (χ1v) is 8.44. The zero-order valence-electron chi connectivity index (χ0n) is 13.5. The molecular weight excluding hydrogens is 369 g/mol. The number of hydrogen-bond acceptors (Lipinski definition) is 6. The molecule has 3 rings (SSSR count). The summed E-state index contributed by atoms with van der Waals surface area (Å²) >= 11 is 1.28. The average molecular weight is 388 g/mol. The second kappa shape index (κ2) is 8.57. The van der Waals surface area contributed by atoms with E-state index in [1.165, 1.54) is 24.5 Å². The predicted molar refractivity (Wildman–Crippen MR) is 96.9 cm³/mol. The van der Waals surface area contributed by atoms with E-state index in [0.717, 1.165) is 6.42 Å². The van der Waals surface area contributed by atoms with Crippen LogP contribution in [0.2, 0.25) is 0 Å². The summed E-state index contributed by atoms with van der Waals surface area (Å²) in [4.78, 5) is 16.5. The molecule has 1 aliphatic heterocycles. The number of nitrogens with one attached hydrogen (secondary N) is 1. The average Bonchev–Trinajstić information content (AvgIpc) is 3.24. The van der Waals surface area contributed by atoms with Gasteiger partial charge in [-0.2, -0.15) is 0 Å². The van der Waals surface area contributed by atoms with Crippen LogP contribution in [0.3, 0.4) is 0 Å². The van der Waals surface area contributed by atoms with Gasteiger partial charge in [-0.05, 0) is 31.0 Å². The lowest BCUT2D eigenvalue weighted by atomic mass is 10.1. The number of rotatable bonds is 5. The van der Waals surface area contributed by atoms with Crippen molar-refractivity contribution in [1.82, 2.24) is 4.98 Å². The van der Waals surface area contributed by atoms with Crippen molar-refractivity contribution in [3.63, 3.8) is 0 Å². The van der Waals surface area contributed by atoms with Crippen LogP contribution in [0, 0.1) is 5.82 Å². The van der Waals surface area contributed by atoms with Gasteiger partial charge in [0, 0.05) is 17.5 Å². The zero-order valence-corrected chi connectivity index (χ0v) is 15.2. The maximum absolute atomic E-state index is 13.8. The predicted octanol–water partition coefficient (Wildman–Crippen LogP) is 2.82. The highest BCUT2D eigenvalue weighted by molar-refractivity contribution is 7.14. The van der Waals surface area contributed by atoms with Crippen LogP contribution in [0.15, 0.2) is 23.6 Å². The van der Waals surface area contributed by atoms with Gasteiger partial charge >= 0.3 is 0 Å². The topological polar surface area (TPSA) is 86.5 Å². The molecule has 2 atom stereocenters. The largest absolute Gasteiger partial charge is 0.494 e. The number of aromatic nitrogens is 1. The van der Waals surface area contributed by atoms with Gasteiger partial charge in [0.25, 0.3) is 5.91 Å². The van der Waals surface area contributed by atoms with Crippen molar-refractivity contribution in [1.29, 1.82) is 0 Å². The molecule has 0 bridgehead atoms. The van der Waals surface area contributed by atoms with Gasteiger partial charge in [-0.15, -0.1) is 23.7 Å². The Bertz CT molecular complexity index is 743. The van der Waals surface area contributed by atoms with Crippen molar-refractivity contribution in [3.8, 4) is 17.0 Å². The molecule has 1 aliphatic rings. The number of nitrogens with zero attached hydrogens (tertiary/aromatic N) is 1. The van der Waals surface area contributed by atoms with Gasteiger partial charge in [-0.3, -0.25) is 10.1 Å². The minimum atomic E-state index is -0.496. The third-order valence-electron chi connectivity index (χ3n) is 3.84. The molecule has 3 N–H and O–H groups in total. The highest BCUT2D eigenvalue weighted by Gasteiger charge is 2.30. The van der Waals surface area contributed by atoms with E-state index in [4.69, 9.17) is 15.2 Å². The number of carbonyl (C=O) groups is 1. The maximum atomic E-state index is 13.8. The van der Waals surface area contributed by atoms with E-state index < -0.39 is 11.9 Å². The Morgan fingerprint density at radius 1 is 1.52 bits per heavy atom. The highest BCUT2D eigenvalue weighted by Crippen LogP contribution is 2.29. The van der Waals surface area contributed by atoms with Crippen LogP contribution in [0.25, 0.3) is 11.3 Å². The Kier molecular flexibility index (Phi) is 6.71. The van der Waals surface area contributed by atoms with Gasteiger partial charge in [-0.1, -0.05) is 0 Å². The van der Waals surface area contributed by atoms with E-state index in [1.54, 1.807) is 17.5 Å². The van der Waals surface area contributed by atoms with Crippen molar-refractivity contribution < 1.29 is 18.7 Å². The molecule has 1 aromatic heterocycles. The first-order valence-electron chi connectivity index (χ1n) is 7.56. The summed E-state index contributed by atoms with van der Waals surface area (Å²) in [6, 6.07) is 4.61. The third kappa shape index (κ3) is 4.46. The number of ether oxygens (including phenoxy) is 2. The maximum Gasteiger partial charge on any atom is 0.255 e. The van der Waals surface area contributed by atoms with Gasteiger partial charge < -0.3 is 15.2 Å². The molecule has 6 nitrogen and oxygen atoms in total. The van der Waals surface area contributed by atoms with Crippen LogP contribution >= 0.6 is 23.7 Å². The van der Waals surface area contributed by atoms with E-state index in [-0.39, 0.29) is 30.2 Å². The van der Waals surface area contributed by atoms with E-state index in [1.807, 2.05) is 0 Å². The normalized spacial score (nSPS) is 19.3. The van der Waals surface area contributed by atoms with E-state index in [9.17, 15) is 9.18 Å². The SMILES string of the molecule is COc1ccc(-c2csc(NC(=O)[C@@H]3CC[C@H](CN)O3)n2)cc1F.Cl. The minimum Gasteiger partial charge on any atom is -0.494 e. The van der Waals surface area contributed by atoms with Crippen LogP contribution in [-0.2, 0) is 9.53 Å². The highest BCUT2D eigenvalue weighted by atomic mass is 35.5. The Balaban J connectivity index is 0.00000225. The molecule has 0 saturated carbocycles. The Morgan fingerprint density at radius 3 is 2.96 bits per heavy atom. The quantitative estimate of drug-likeness (QED) is 0.823. The summed E-state index contributed by atoms with van der Waals surface area (Å²) in [5, 5.41) is 4.95. The Morgan fingerprint density at radius 2 is 2.32 bits per heavy atom. The van der Waals surface area contributed by atoms with Gasteiger partial charge in [0.15, 0.2) is 16.7 Å². The molecule has 2 heterocycles. The van der Waals surface area contributed by atoms with Crippen molar-refractivity contribution in [2.45, 2.75) is 25.0 Å². The number of amides is 1. The lowest BCUT2D eigenvalue weighted by Crippen LogP contribution is -2.29. The first kappa shape index (κ1) is 19.6. The Hall–Kier alpha value is -1.74. The number of methoxy groups -OCH3 is 1. The number of halogens is 2. The van der Waals surface area contributed by atoms with Crippen molar-refractivity contribution in [3.05, 3.63) is 29.4 Å². The number of nitrogens with two attached hydrogens (primary N) is 1. The second-order valence-corrected chi connectivity index (χ2v) is 6.29. The molecule has 2 aromatic rings. The summed E-state index contributed by atoms with van der Waals surface area (Å²) in [5.41, 5.74) is 6.75. The van der Waals surface area contributed by atoms with Crippen LogP contribution < -0.4 is 15.8 Å². The molecule has 0 radical (unpaired) electrons. The summed E-state index contributed by atoms with van der Waals surface area (Å²) in [7, 11) is 1.41. The number of anilines is 1. The molecule has 0 aliphatic carbocycles. The standard InChI is InChI=1S/C16H18FN3O3S.ClH/c1-22-13-4-2-9(6-11(13)17)12-8-24-16(19-12)20-15(21)14-5-3-10(7-18)23-14;/h2,4,6,8,10,14H,3,5,7,18H2,1H3,(H,19,20,21);1H/t10-,14+;/m1./s1. The molecular formula is C16H19ClFN3O3S. The lowest BCUT2D eigenvalue weighted by Gasteiger charge is -2.11. The molecule has 1 amide bonds. The second-order valence-electron chi connectivity index (χ2n) is 5.44. The van der Waals surface area contributed by atoms with Crippen LogP contribution in [-0.4, -0.2) is 36.8 Å². The molecule has 25 heavy (non-hydrogen) atoms. The monoisotopic (exact) mass is 387 g/mol. The molecule has 1 saturated heterocycles. The summed E-state index contributed by atoms with van der Waals surface area (Å²) in [6.07, 6.45) is 0.873. The van der Waals surface area contributed by atoms with Crippen LogP contribution in [0.1, 0.15) is 12.8 Å². The lowest BCUT2D eigenvalue weighted by molar-refractivity contribution is -0.126. The fraction of sp³-hybridized carbons (Fsp3) is 0.375. The van der Waals surface area contributed by atoms with Crippen molar-refractivity contribution >= 4 is 34.8 Å². The molecule has 0 unspecified atom stereocenters. The van der Waals surface area contributed by atoms with Crippen LogP contribution in [0.5, 0.6) is 5.75 Å². The molecule has 9 heteroatoms. The molecule has 1 aromatic carbocycles. The van der Waals surface area contributed by atoms with E-state index in [0.29, 0.717) is 29.4 Å². The van der Waals surface area contributed by atoms with Crippen LogP contribution in [0.4, 0.5) is 9.52 Å². The van der Waals surface area contributed by atoms with Gasteiger partial charge in [-0.25, -0.2) is 9.37 Å². The molecule has 136 valence electrons. The summed E-state index contributed by atoms with van der Waals surface area (Å²) in [5.74, 6) is -0.510. The fourth-order valence-corrected chi connectivity index (χ4v) is 3.27. The molecule has 0 spiro atoms. The van der Waals surface area contributed by atoms with E-state index >= 15 is 0 Å². The van der Waals surface area contributed by atoms with Gasteiger partial charge in [0.05, 0.1) is 18.9 Å². The fourth-order valence-electron chi connectivity index (χ4n) is 2.55. The minimum absolute atomic E-state index is 0. The third-order valence-corrected chi connectivity index (χ3v) is 4.60. The number of thiazole rings is 1. The summed E-state index contributed by atoms with van der Waals surface area (Å²) in [6.45, 7) is 0.411. The Labute approximate surface area is 154 Å². The van der Waals surface area contributed by atoms with Gasteiger partial charge in [0.2, 0.25) is 0 Å².